The Bertz CT molecular complexity index is 477. The van der Waals surface area contributed by atoms with E-state index in [1.807, 2.05) is 12.1 Å². The first-order chi connectivity index (χ1) is 9.83. The fourth-order valence-corrected chi connectivity index (χ4v) is 1.92. The molecule has 0 fully saturated rings. The van der Waals surface area contributed by atoms with Gasteiger partial charge < -0.3 is 14.6 Å². The van der Waals surface area contributed by atoms with Crippen LogP contribution in [0, 0.1) is 0 Å². The maximum atomic E-state index is 5.23. The van der Waals surface area contributed by atoms with Gasteiger partial charge in [-0.1, -0.05) is 13.8 Å². The Morgan fingerprint density at radius 1 is 1.30 bits per heavy atom. The highest BCUT2D eigenvalue weighted by atomic mass is 16.3. The van der Waals surface area contributed by atoms with E-state index in [9.17, 15) is 0 Å². The van der Waals surface area contributed by atoms with Crippen molar-refractivity contribution in [3.8, 4) is 11.6 Å². The van der Waals surface area contributed by atoms with Crippen molar-refractivity contribution in [1.29, 1.82) is 0 Å². The molecule has 2 aromatic rings. The van der Waals surface area contributed by atoms with Gasteiger partial charge in [0.05, 0.1) is 12.8 Å². The zero-order valence-corrected chi connectivity index (χ0v) is 12.1. The molecule has 2 rings (SSSR count). The van der Waals surface area contributed by atoms with Gasteiger partial charge in [0.1, 0.15) is 0 Å². The van der Waals surface area contributed by atoms with Crippen LogP contribution in [0.3, 0.4) is 0 Å². The van der Waals surface area contributed by atoms with Gasteiger partial charge in [0.15, 0.2) is 5.76 Å². The van der Waals surface area contributed by atoms with Crippen molar-refractivity contribution in [2.75, 3.05) is 32.7 Å². The van der Waals surface area contributed by atoms with Gasteiger partial charge in [-0.3, -0.25) is 0 Å². The summed E-state index contributed by atoms with van der Waals surface area (Å²) in [5, 5.41) is 15.6. The highest BCUT2D eigenvalue weighted by Crippen LogP contribution is 2.12. The third-order valence-electron chi connectivity index (χ3n) is 3.18. The van der Waals surface area contributed by atoms with Crippen LogP contribution in [0.2, 0.25) is 0 Å². The third kappa shape index (κ3) is 4.14. The highest BCUT2D eigenvalue weighted by molar-refractivity contribution is 5.43. The number of furan rings is 1. The van der Waals surface area contributed by atoms with Crippen molar-refractivity contribution >= 4 is 0 Å². The van der Waals surface area contributed by atoms with Gasteiger partial charge in [-0.15, -0.1) is 10.2 Å². The molecular formula is C13H22N6O. The molecule has 0 unspecified atom stereocenters. The zero-order chi connectivity index (χ0) is 14.2. The Morgan fingerprint density at radius 3 is 2.85 bits per heavy atom. The molecule has 7 heteroatoms. The first-order valence-electron chi connectivity index (χ1n) is 7.08. The smallest absolute Gasteiger partial charge is 0.240 e. The van der Waals surface area contributed by atoms with E-state index < -0.39 is 0 Å². The van der Waals surface area contributed by atoms with Crippen molar-refractivity contribution in [3.63, 3.8) is 0 Å². The van der Waals surface area contributed by atoms with Crippen LogP contribution >= 0.6 is 0 Å². The molecule has 0 amide bonds. The van der Waals surface area contributed by atoms with Gasteiger partial charge in [-0.25, -0.2) is 0 Å². The van der Waals surface area contributed by atoms with Gasteiger partial charge in [0.2, 0.25) is 5.82 Å². The highest BCUT2D eigenvalue weighted by Gasteiger charge is 2.07. The molecule has 0 aromatic carbocycles. The summed E-state index contributed by atoms with van der Waals surface area (Å²) >= 11 is 0. The number of tetrazole rings is 1. The van der Waals surface area contributed by atoms with E-state index in [-0.39, 0.29) is 0 Å². The molecule has 110 valence electrons. The molecule has 0 aliphatic carbocycles. The third-order valence-corrected chi connectivity index (χ3v) is 3.18. The predicted octanol–water partition coefficient (Wildman–Crippen LogP) is 0.864. The first kappa shape index (κ1) is 14.7. The molecule has 0 saturated heterocycles. The lowest BCUT2D eigenvalue weighted by Crippen LogP contribution is -2.33. The lowest BCUT2D eigenvalue weighted by atomic mass is 10.4. The number of hydrogen-bond donors (Lipinski definition) is 1. The average molecular weight is 278 g/mol. The van der Waals surface area contributed by atoms with Crippen LogP contribution in [-0.2, 0) is 6.54 Å². The summed E-state index contributed by atoms with van der Waals surface area (Å²) < 4.78 is 5.23. The topological polar surface area (TPSA) is 72.0 Å². The minimum absolute atomic E-state index is 0.526. The summed E-state index contributed by atoms with van der Waals surface area (Å²) in [7, 11) is 0. The Labute approximate surface area is 118 Å². The van der Waals surface area contributed by atoms with Crippen LogP contribution in [0.4, 0.5) is 0 Å². The number of hydrogen-bond acceptors (Lipinski definition) is 6. The second kappa shape index (κ2) is 7.76. The maximum absolute atomic E-state index is 5.23. The van der Waals surface area contributed by atoms with E-state index in [0.717, 1.165) is 32.7 Å². The minimum atomic E-state index is 0.526. The molecular weight excluding hydrogens is 256 g/mol. The normalized spacial score (nSPS) is 11.3. The molecule has 0 saturated carbocycles. The molecule has 20 heavy (non-hydrogen) atoms. The summed E-state index contributed by atoms with van der Waals surface area (Å²) in [6.45, 7) is 10.1. The molecule has 0 aliphatic heterocycles. The summed E-state index contributed by atoms with van der Waals surface area (Å²) in [6, 6.07) is 3.63. The average Bonchev–Trinajstić information content (AvgIpc) is 3.13. The van der Waals surface area contributed by atoms with E-state index >= 15 is 0 Å². The molecule has 0 radical (unpaired) electrons. The van der Waals surface area contributed by atoms with Gasteiger partial charge in [0, 0.05) is 19.6 Å². The predicted molar refractivity (Wildman–Crippen MR) is 76.2 cm³/mol. The summed E-state index contributed by atoms with van der Waals surface area (Å²) in [4.78, 5) is 3.97. The van der Waals surface area contributed by atoms with Crippen molar-refractivity contribution in [2.24, 2.45) is 0 Å². The Kier molecular flexibility index (Phi) is 5.69. The van der Waals surface area contributed by atoms with Crippen LogP contribution < -0.4 is 5.32 Å². The fourth-order valence-electron chi connectivity index (χ4n) is 1.92. The molecule has 7 nitrogen and oxygen atoms in total. The Balaban J connectivity index is 1.67. The van der Waals surface area contributed by atoms with Crippen LogP contribution in [-0.4, -0.2) is 57.8 Å². The first-order valence-corrected chi connectivity index (χ1v) is 7.08. The van der Waals surface area contributed by atoms with E-state index in [4.69, 9.17) is 4.42 Å². The summed E-state index contributed by atoms with van der Waals surface area (Å²) in [5.74, 6) is 1.17. The fraction of sp³-hybridized carbons (Fsp3) is 0.615. The second-order valence-corrected chi connectivity index (χ2v) is 4.46. The van der Waals surface area contributed by atoms with E-state index in [0.29, 0.717) is 18.1 Å². The van der Waals surface area contributed by atoms with Crippen molar-refractivity contribution in [2.45, 2.75) is 20.4 Å². The van der Waals surface area contributed by atoms with Gasteiger partial charge in [-0.05, 0) is 30.4 Å². The monoisotopic (exact) mass is 278 g/mol. The lowest BCUT2D eigenvalue weighted by Gasteiger charge is -2.17. The van der Waals surface area contributed by atoms with E-state index in [1.54, 1.807) is 11.1 Å². The molecule has 1 N–H and O–H groups in total. The number of likely N-dealkylation sites (N-methyl/N-ethyl adjacent to an activating group) is 1. The summed E-state index contributed by atoms with van der Waals surface area (Å²) in [5.41, 5.74) is 0. The van der Waals surface area contributed by atoms with Crippen LogP contribution in [0.5, 0.6) is 0 Å². The van der Waals surface area contributed by atoms with Crippen molar-refractivity contribution < 1.29 is 4.42 Å². The molecule has 2 aromatic heterocycles. The van der Waals surface area contributed by atoms with Crippen LogP contribution in [0.1, 0.15) is 13.8 Å². The SMILES string of the molecule is CCN(CC)CCNCCn1nnc(-c2ccco2)n1. The van der Waals surface area contributed by atoms with E-state index in [1.165, 1.54) is 0 Å². The largest absolute Gasteiger partial charge is 0.461 e. The number of aromatic nitrogens is 4. The minimum Gasteiger partial charge on any atom is -0.461 e. The number of nitrogens with one attached hydrogen (secondary N) is 1. The Morgan fingerprint density at radius 2 is 2.15 bits per heavy atom. The van der Waals surface area contributed by atoms with Gasteiger partial charge in [-0.2, -0.15) is 4.80 Å². The quantitative estimate of drug-likeness (QED) is 0.686. The second-order valence-electron chi connectivity index (χ2n) is 4.46. The van der Waals surface area contributed by atoms with Crippen LogP contribution in [0.25, 0.3) is 11.6 Å². The summed E-state index contributed by atoms with van der Waals surface area (Å²) in [6.07, 6.45) is 1.60. The molecule has 2 heterocycles. The number of nitrogens with zero attached hydrogens (tertiary/aromatic N) is 5. The van der Waals surface area contributed by atoms with Crippen LogP contribution in [0.15, 0.2) is 22.8 Å². The lowest BCUT2D eigenvalue weighted by molar-refractivity contribution is 0.301. The molecule has 0 bridgehead atoms. The van der Waals surface area contributed by atoms with Crippen molar-refractivity contribution in [1.82, 2.24) is 30.4 Å². The molecule has 0 spiro atoms. The van der Waals surface area contributed by atoms with E-state index in [2.05, 4.69) is 39.5 Å². The van der Waals surface area contributed by atoms with Gasteiger partial charge in [0.25, 0.3) is 0 Å². The van der Waals surface area contributed by atoms with Gasteiger partial charge >= 0.3 is 0 Å². The zero-order valence-electron chi connectivity index (χ0n) is 12.1. The molecule has 0 atom stereocenters. The standard InChI is InChI=1S/C13H22N6O/c1-3-18(4-2)9-7-14-8-10-19-16-13(15-17-19)12-6-5-11-20-12/h5-6,11,14H,3-4,7-10H2,1-2H3. The number of rotatable bonds is 9. The maximum Gasteiger partial charge on any atom is 0.240 e. The Hall–Kier alpha value is -1.73. The molecule has 0 aliphatic rings. The van der Waals surface area contributed by atoms with Crippen molar-refractivity contribution in [3.05, 3.63) is 18.4 Å².